The monoisotopic (exact) mass is 485 g/mol. The second-order valence-corrected chi connectivity index (χ2v) is 9.59. The van der Waals surface area contributed by atoms with Crippen LogP contribution in [-0.4, -0.2) is 34.2 Å². The van der Waals surface area contributed by atoms with Gasteiger partial charge in [0.25, 0.3) is 0 Å². The Morgan fingerprint density at radius 2 is 1.64 bits per heavy atom. The number of carbonyl (C=O) groups excluding carboxylic acids is 1. The molecule has 6 heteroatoms. The van der Waals surface area contributed by atoms with Gasteiger partial charge in [-0.2, -0.15) is 0 Å². The van der Waals surface area contributed by atoms with Gasteiger partial charge in [0.2, 0.25) is 0 Å². The molecule has 0 spiro atoms. The van der Waals surface area contributed by atoms with Crippen LogP contribution in [0.1, 0.15) is 62.2 Å². The van der Waals surface area contributed by atoms with Crippen LogP contribution in [0.4, 0.5) is 0 Å². The zero-order valence-corrected chi connectivity index (χ0v) is 21.8. The number of hydrogen-bond donors (Lipinski definition) is 2. The summed E-state index contributed by atoms with van der Waals surface area (Å²) in [5.74, 6) is 0.142. The van der Waals surface area contributed by atoms with Crippen molar-refractivity contribution in [2.75, 3.05) is 14.2 Å². The van der Waals surface area contributed by atoms with E-state index in [2.05, 4.69) is 77.2 Å². The molecule has 2 aromatic heterocycles. The second-order valence-electron chi connectivity index (χ2n) is 9.59. The number of hydrogen-bond acceptors (Lipinski definition) is 4. The molecule has 3 aromatic carbocycles. The minimum absolute atomic E-state index is 0.0368. The number of nitrogens with zero attached hydrogens (tertiary/aromatic N) is 2. The molecule has 0 amide bonds. The Bertz CT molecular complexity index is 1630. The van der Waals surface area contributed by atoms with Gasteiger partial charge in [0.05, 0.1) is 22.1 Å². The molecule has 0 saturated carbocycles. The summed E-state index contributed by atoms with van der Waals surface area (Å²) >= 11 is 0. The molecule has 2 aliphatic rings. The highest BCUT2D eigenvalue weighted by Gasteiger charge is 2.42. The van der Waals surface area contributed by atoms with Gasteiger partial charge in [0.1, 0.15) is 12.0 Å². The van der Waals surface area contributed by atoms with E-state index in [9.17, 15) is 4.79 Å². The first-order valence-corrected chi connectivity index (χ1v) is 12.8. The molecule has 1 saturated heterocycles. The van der Waals surface area contributed by atoms with E-state index < -0.39 is 5.72 Å². The van der Waals surface area contributed by atoms with E-state index in [1.54, 1.807) is 6.92 Å². The highest BCUT2D eigenvalue weighted by Crippen LogP contribution is 2.52. The normalized spacial score (nSPS) is 20.2. The number of aryl methyl sites for hydroxylation is 1. The summed E-state index contributed by atoms with van der Waals surface area (Å²) in [5, 5.41) is 11.7. The molecule has 0 aliphatic carbocycles. The van der Waals surface area contributed by atoms with Crippen LogP contribution in [0.5, 0.6) is 0 Å². The minimum Gasteiger partial charge on any atom is -0.400 e. The Kier molecular flexibility index (Phi) is 6.15. The number of carbonyl (C=O) groups is 1. The smallest absolute Gasteiger partial charge is 0.160 e. The molecule has 5 aromatic rings. The van der Waals surface area contributed by atoms with Crippen molar-refractivity contribution in [3.8, 4) is 0 Å². The number of aliphatic hydroxyl groups is 1. The van der Waals surface area contributed by atoms with Crippen LogP contribution in [0, 0.1) is 0 Å². The zero-order chi connectivity index (χ0) is 25.8. The molecular weight excluding hydrogens is 450 g/mol. The van der Waals surface area contributed by atoms with E-state index in [-0.39, 0.29) is 12.0 Å². The van der Waals surface area contributed by atoms with Gasteiger partial charge in [0, 0.05) is 34.2 Å². The third-order valence-corrected chi connectivity index (χ3v) is 7.81. The van der Waals surface area contributed by atoms with Gasteiger partial charge < -0.3 is 24.7 Å². The molecule has 1 fully saturated rings. The lowest BCUT2D eigenvalue weighted by Crippen LogP contribution is -2.37. The van der Waals surface area contributed by atoms with E-state index in [1.807, 2.05) is 0 Å². The summed E-state index contributed by atoms with van der Waals surface area (Å²) in [6.07, 6.45) is 3.86. The SMILES string of the molecule is CCc1c(C(C)=O)c2c3ccccc3n3c2c2c1c1ccccc1n2C1(C)CCCC3O1.CN.CO. The maximum atomic E-state index is 13.2. The summed E-state index contributed by atoms with van der Waals surface area (Å²) < 4.78 is 11.8. The van der Waals surface area contributed by atoms with Gasteiger partial charge >= 0.3 is 0 Å². The first-order valence-electron chi connectivity index (χ1n) is 12.8. The Hall–Kier alpha value is -3.19. The van der Waals surface area contributed by atoms with Crippen molar-refractivity contribution in [3.63, 3.8) is 0 Å². The van der Waals surface area contributed by atoms with E-state index >= 15 is 0 Å². The van der Waals surface area contributed by atoms with Gasteiger partial charge in [-0.05, 0) is 64.3 Å². The lowest BCUT2D eigenvalue weighted by molar-refractivity contribution is -0.186. The second kappa shape index (κ2) is 9.04. The largest absolute Gasteiger partial charge is 0.400 e. The summed E-state index contributed by atoms with van der Waals surface area (Å²) in [5.41, 5.74) is 10.9. The molecule has 4 heterocycles. The number of aliphatic hydroxyl groups excluding tert-OH is 1. The molecule has 0 radical (unpaired) electrons. The Labute approximate surface area is 211 Å². The predicted molar refractivity (Wildman–Crippen MR) is 148 cm³/mol. The number of nitrogens with two attached hydrogens (primary N) is 1. The molecular formula is C30H35N3O3. The fourth-order valence-corrected chi connectivity index (χ4v) is 6.69. The number of fused-ring (bicyclic) bond motifs is 10. The van der Waals surface area contributed by atoms with Crippen LogP contribution in [0.15, 0.2) is 48.5 Å². The first kappa shape index (κ1) is 24.5. The minimum atomic E-state index is -0.417. The molecule has 36 heavy (non-hydrogen) atoms. The molecule has 2 atom stereocenters. The Morgan fingerprint density at radius 3 is 2.28 bits per heavy atom. The van der Waals surface area contributed by atoms with Crippen LogP contribution in [0.3, 0.4) is 0 Å². The quantitative estimate of drug-likeness (QED) is 0.290. The standard InChI is InChI=1S/C28H26N2O2.CH5N.CH4O/c1-4-17-23(16(2)31)25-18-10-5-7-12-20(18)29-22-14-9-15-28(3,32-22)30-21-13-8-6-11-19(21)24(17)27(30)26(25)29;2*1-2/h5-8,10-13,22H,4,9,14-15H2,1-3H3;2H2,1H3;2H,1H3. The third kappa shape index (κ3) is 3.05. The van der Waals surface area contributed by atoms with E-state index in [4.69, 9.17) is 9.84 Å². The fourth-order valence-electron chi connectivity index (χ4n) is 6.69. The summed E-state index contributed by atoms with van der Waals surface area (Å²) in [6, 6.07) is 17.2. The van der Waals surface area contributed by atoms with Crippen molar-refractivity contribution in [3.05, 3.63) is 59.7 Å². The third-order valence-electron chi connectivity index (χ3n) is 7.81. The van der Waals surface area contributed by atoms with Gasteiger partial charge in [-0.15, -0.1) is 0 Å². The predicted octanol–water partition coefficient (Wildman–Crippen LogP) is 6.24. The first-order chi connectivity index (χ1) is 17.5. The van der Waals surface area contributed by atoms with Gasteiger partial charge in [-0.1, -0.05) is 43.3 Å². The number of benzene rings is 3. The number of ketones is 1. The van der Waals surface area contributed by atoms with Gasteiger partial charge in [-0.25, -0.2) is 0 Å². The average Bonchev–Trinajstić information content (AvgIpc) is 3.42. The maximum absolute atomic E-state index is 13.2. The fraction of sp³-hybridized carbons (Fsp3) is 0.367. The number of ether oxygens (including phenoxy) is 1. The van der Waals surface area contributed by atoms with Crippen LogP contribution in [-0.2, 0) is 16.9 Å². The topological polar surface area (TPSA) is 82.4 Å². The lowest BCUT2D eigenvalue weighted by Gasteiger charge is -2.39. The van der Waals surface area contributed by atoms with Crippen molar-refractivity contribution in [2.45, 2.75) is 58.4 Å². The van der Waals surface area contributed by atoms with E-state index in [0.717, 1.165) is 65.7 Å². The van der Waals surface area contributed by atoms with Crippen LogP contribution < -0.4 is 5.73 Å². The molecule has 7 rings (SSSR count). The molecule has 2 unspecified atom stereocenters. The molecule has 3 N–H and O–H groups in total. The van der Waals surface area contributed by atoms with E-state index in [1.165, 1.54) is 28.9 Å². The number of para-hydroxylation sites is 2. The summed E-state index contributed by atoms with van der Waals surface area (Å²) in [4.78, 5) is 13.2. The Morgan fingerprint density at radius 1 is 1.03 bits per heavy atom. The van der Waals surface area contributed by atoms with Crippen LogP contribution >= 0.6 is 0 Å². The van der Waals surface area contributed by atoms with Crippen molar-refractivity contribution < 1.29 is 14.6 Å². The Balaban J connectivity index is 0.000000637. The molecule has 2 bridgehead atoms. The van der Waals surface area contributed by atoms with Crippen molar-refractivity contribution in [1.82, 2.24) is 9.13 Å². The average molecular weight is 486 g/mol. The van der Waals surface area contributed by atoms with Crippen LogP contribution in [0.2, 0.25) is 0 Å². The summed E-state index contributed by atoms with van der Waals surface area (Å²) in [7, 11) is 2.50. The number of rotatable bonds is 2. The van der Waals surface area contributed by atoms with Crippen molar-refractivity contribution in [2.24, 2.45) is 5.73 Å². The number of aromatic nitrogens is 2. The molecule has 6 nitrogen and oxygen atoms in total. The lowest BCUT2D eigenvalue weighted by atomic mass is 9.91. The van der Waals surface area contributed by atoms with Crippen LogP contribution in [0.25, 0.3) is 43.6 Å². The summed E-state index contributed by atoms with van der Waals surface area (Å²) in [6.45, 7) is 6.14. The zero-order valence-electron chi connectivity index (χ0n) is 21.8. The van der Waals surface area contributed by atoms with Crippen molar-refractivity contribution in [1.29, 1.82) is 0 Å². The number of Topliss-reactive ketones (excluding diaryl/α,β-unsaturated/α-hetero) is 1. The van der Waals surface area contributed by atoms with Gasteiger partial charge in [0.15, 0.2) is 5.78 Å². The van der Waals surface area contributed by atoms with E-state index in [0.29, 0.717) is 0 Å². The maximum Gasteiger partial charge on any atom is 0.160 e. The highest BCUT2D eigenvalue weighted by molar-refractivity contribution is 6.30. The molecule has 2 aliphatic heterocycles. The van der Waals surface area contributed by atoms with Gasteiger partial charge in [-0.3, -0.25) is 4.79 Å². The molecule has 188 valence electrons. The highest BCUT2D eigenvalue weighted by atomic mass is 16.5. The van der Waals surface area contributed by atoms with Crippen molar-refractivity contribution >= 4 is 49.4 Å².